The van der Waals surface area contributed by atoms with Gasteiger partial charge in [0.15, 0.2) is 11.5 Å². The van der Waals surface area contributed by atoms with Gasteiger partial charge in [0.2, 0.25) is 5.91 Å². The van der Waals surface area contributed by atoms with Gasteiger partial charge in [-0.2, -0.15) is 5.10 Å². The van der Waals surface area contributed by atoms with Crippen LogP contribution in [0.25, 0.3) is 11.3 Å². The van der Waals surface area contributed by atoms with Crippen LogP contribution in [0.5, 0.6) is 11.5 Å². The van der Waals surface area contributed by atoms with Crippen LogP contribution in [0.4, 0.5) is 0 Å². The van der Waals surface area contributed by atoms with Crippen molar-refractivity contribution in [3.8, 4) is 22.8 Å². The topological polar surface area (TPSA) is 82.5 Å². The number of nitrogens with one attached hydrogen (secondary N) is 1. The molecule has 0 atom stereocenters. The first-order valence-electron chi connectivity index (χ1n) is 9.82. The van der Waals surface area contributed by atoms with Gasteiger partial charge in [0.1, 0.15) is 0 Å². The minimum absolute atomic E-state index is 0.151. The standard InChI is InChI=1S/C23H24ClN3O4/c1-30-20-8-6-16(14-21(20)31-2)10-12-25-22(28)11-13-27-23(29)9-7-19(26-27)17-4-3-5-18(24)15-17/h3-9,14-15H,10-13H2,1-2H3,(H,25,28). The summed E-state index contributed by atoms with van der Waals surface area (Å²) in [6.07, 6.45) is 0.798. The highest BCUT2D eigenvalue weighted by molar-refractivity contribution is 6.30. The maximum Gasteiger partial charge on any atom is 0.266 e. The molecule has 0 fully saturated rings. The summed E-state index contributed by atoms with van der Waals surface area (Å²) >= 11 is 6.03. The Morgan fingerprint density at radius 2 is 1.87 bits per heavy atom. The van der Waals surface area contributed by atoms with Crippen molar-refractivity contribution in [2.75, 3.05) is 20.8 Å². The Bertz CT molecular complexity index is 1110. The minimum atomic E-state index is -0.260. The van der Waals surface area contributed by atoms with Crippen LogP contribution in [0.1, 0.15) is 12.0 Å². The molecule has 0 saturated carbocycles. The fourth-order valence-electron chi connectivity index (χ4n) is 3.09. The van der Waals surface area contributed by atoms with E-state index in [4.69, 9.17) is 21.1 Å². The monoisotopic (exact) mass is 441 g/mol. The van der Waals surface area contributed by atoms with Crippen molar-refractivity contribution >= 4 is 17.5 Å². The summed E-state index contributed by atoms with van der Waals surface area (Å²) in [5.74, 6) is 1.16. The van der Waals surface area contributed by atoms with Crippen molar-refractivity contribution in [3.05, 3.63) is 75.5 Å². The first-order valence-corrected chi connectivity index (χ1v) is 10.2. The maximum atomic E-state index is 12.2. The number of carbonyl (C=O) groups excluding carboxylic acids is 1. The molecule has 3 rings (SSSR count). The lowest BCUT2D eigenvalue weighted by Gasteiger charge is -2.10. The highest BCUT2D eigenvalue weighted by Crippen LogP contribution is 2.27. The van der Waals surface area contributed by atoms with E-state index in [2.05, 4.69) is 10.4 Å². The third-order valence-corrected chi connectivity index (χ3v) is 4.96. The summed E-state index contributed by atoms with van der Waals surface area (Å²) in [5, 5.41) is 7.82. The maximum absolute atomic E-state index is 12.2. The molecule has 1 N–H and O–H groups in total. The number of hydrogen-bond acceptors (Lipinski definition) is 5. The number of amides is 1. The van der Waals surface area contributed by atoms with Gasteiger partial charge in [-0.3, -0.25) is 9.59 Å². The van der Waals surface area contributed by atoms with Gasteiger partial charge in [-0.25, -0.2) is 4.68 Å². The smallest absolute Gasteiger partial charge is 0.266 e. The Morgan fingerprint density at radius 1 is 1.06 bits per heavy atom. The molecular weight excluding hydrogens is 418 g/mol. The summed E-state index contributed by atoms with van der Waals surface area (Å²) < 4.78 is 11.8. The summed E-state index contributed by atoms with van der Waals surface area (Å²) in [6.45, 7) is 0.661. The Labute approximate surface area is 185 Å². The fourth-order valence-corrected chi connectivity index (χ4v) is 3.28. The van der Waals surface area contributed by atoms with Crippen LogP contribution in [-0.4, -0.2) is 36.5 Å². The van der Waals surface area contributed by atoms with Crippen molar-refractivity contribution in [3.63, 3.8) is 0 Å². The number of aryl methyl sites for hydroxylation is 1. The van der Waals surface area contributed by atoms with Crippen LogP contribution in [0, 0.1) is 0 Å². The predicted octanol–water partition coefficient (Wildman–Crippen LogP) is 3.33. The third kappa shape index (κ3) is 6.08. The number of aromatic nitrogens is 2. The van der Waals surface area contributed by atoms with Gasteiger partial charge >= 0.3 is 0 Å². The molecule has 1 heterocycles. The van der Waals surface area contributed by atoms with Gasteiger partial charge in [0.25, 0.3) is 5.56 Å². The molecule has 0 aliphatic rings. The number of benzene rings is 2. The van der Waals surface area contributed by atoms with E-state index in [0.29, 0.717) is 35.2 Å². The van der Waals surface area contributed by atoms with Crippen molar-refractivity contribution < 1.29 is 14.3 Å². The second kappa shape index (κ2) is 10.6. The molecule has 0 unspecified atom stereocenters. The van der Waals surface area contributed by atoms with E-state index in [1.807, 2.05) is 30.3 Å². The van der Waals surface area contributed by atoms with Crippen LogP contribution < -0.4 is 20.3 Å². The van der Waals surface area contributed by atoms with Crippen molar-refractivity contribution in [2.24, 2.45) is 0 Å². The van der Waals surface area contributed by atoms with Gasteiger partial charge in [-0.1, -0.05) is 29.8 Å². The van der Waals surface area contributed by atoms with Crippen molar-refractivity contribution in [1.82, 2.24) is 15.1 Å². The molecule has 31 heavy (non-hydrogen) atoms. The van der Waals surface area contributed by atoms with Crippen LogP contribution in [0.3, 0.4) is 0 Å². The summed E-state index contributed by atoms with van der Waals surface area (Å²) in [4.78, 5) is 24.3. The fraction of sp³-hybridized carbons (Fsp3) is 0.261. The lowest BCUT2D eigenvalue weighted by Crippen LogP contribution is -2.29. The number of methoxy groups -OCH3 is 2. The van der Waals surface area contributed by atoms with Crippen LogP contribution in [0.15, 0.2) is 59.4 Å². The van der Waals surface area contributed by atoms with Crippen LogP contribution >= 0.6 is 11.6 Å². The highest BCUT2D eigenvalue weighted by Gasteiger charge is 2.08. The molecular formula is C23H24ClN3O4. The number of rotatable bonds is 9. The molecule has 0 bridgehead atoms. The van der Waals surface area contributed by atoms with Crippen LogP contribution in [0.2, 0.25) is 5.02 Å². The van der Waals surface area contributed by atoms with Crippen molar-refractivity contribution in [1.29, 1.82) is 0 Å². The Morgan fingerprint density at radius 3 is 2.61 bits per heavy atom. The molecule has 1 aromatic heterocycles. The van der Waals surface area contributed by atoms with E-state index in [0.717, 1.165) is 11.1 Å². The van der Waals surface area contributed by atoms with Crippen LogP contribution in [-0.2, 0) is 17.8 Å². The predicted molar refractivity (Wildman–Crippen MR) is 120 cm³/mol. The molecule has 0 aliphatic heterocycles. The largest absolute Gasteiger partial charge is 0.493 e. The Hall–Kier alpha value is -3.32. The molecule has 0 aliphatic carbocycles. The number of hydrogen-bond donors (Lipinski definition) is 1. The van der Waals surface area contributed by atoms with Gasteiger partial charge < -0.3 is 14.8 Å². The number of ether oxygens (including phenoxy) is 2. The second-order valence-corrected chi connectivity index (χ2v) is 7.27. The highest BCUT2D eigenvalue weighted by atomic mass is 35.5. The summed E-state index contributed by atoms with van der Waals surface area (Å²) in [5.41, 5.74) is 2.19. The van der Waals surface area contributed by atoms with Crippen molar-refractivity contribution in [2.45, 2.75) is 19.4 Å². The zero-order chi connectivity index (χ0) is 22.2. The van der Waals surface area contributed by atoms with Gasteiger partial charge in [0.05, 0.1) is 26.5 Å². The lowest BCUT2D eigenvalue weighted by atomic mass is 10.1. The van der Waals surface area contributed by atoms with E-state index in [1.165, 1.54) is 10.7 Å². The van der Waals surface area contributed by atoms with E-state index >= 15 is 0 Å². The average molecular weight is 442 g/mol. The Kier molecular flexibility index (Phi) is 7.67. The van der Waals surface area contributed by atoms with E-state index in [-0.39, 0.29) is 24.4 Å². The molecule has 162 valence electrons. The summed E-state index contributed by atoms with van der Waals surface area (Å²) in [6, 6.07) is 16.0. The first kappa shape index (κ1) is 22.4. The van der Waals surface area contributed by atoms with E-state index in [9.17, 15) is 9.59 Å². The number of carbonyl (C=O) groups is 1. The zero-order valence-corrected chi connectivity index (χ0v) is 18.2. The van der Waals surface area contributed by atoms with Gasteiger partial charge in [-0.05, 0) is 42.3 Å². The average Bonchev–Trinajstić information content (AvgIpc) is 2.78. The minimum Gasteiger partial charge on any atom is -0.493 e. The first-order chi connectivity index (χ1) is 15.0. The van der Waals surface area contributed by atoms with E-state index < -0.39 is 0 Å². The number of halogens is 1. The lowest BCUT2D eigenvalue weighted by molar-refractivity contribution is -0.121. The van der Waals surface area contributed by atoms with Gasteiger partial charge in [-0.15, -0.1) is 0 Å². The normalized spacial score (nSPS) is 10.5. The number of nitrogens with zero attached hydrogens (tertiary/aromatic N) is 2. The molecule has 8 heteroatoms. The molecule has 0 spiro atoms. The molecule has 0 radical (unpaired) electrons. The molecule has 7 nitrogen and oxygen atoms in total. The zero-order valence-electron chi connectivity index (χ0n) is 17.4. The second-order valence-electron chi connectivity index (χ2n) is 6.83. The van der Waals surface area contributed by atoms with Gasteiger partial charge in [0, 0.05) is 29.6 Å². The SMILES string of the molecule is COc1ccc(CCNC(=O)CCn2nc(-c3cccc(Cl)c3)ccc2=O)cc1OC. The molecule has 0 saturated heterocycles. The third-order valence-electron chi connectivity index (χ3n) is 4.72. The molecule has 1 amide bonds. The molecule has 3 aromatic rings. The van der Waals surface area contributed by atoms with E-state index in [1.54, 1.807) is 32.4 Å². The summed E-state index contributed by atoms with van der Waals surface area (Å²) in [7, 11) is 3.17. The quantitative estimate of drug-likeness (QED) is 0.550. The molecule has 2 aromatic carbocycles. The Balaban J connectivity index is 1.54.